The summed E-state index contributed by atoms with van der Waals surface area (Å²) < 4.78 is 38.4. The van der Waals surface area contributed by atoms with Gasteiger partial charge >= 0.3 is 6.18 Å². The molecule has 5 nitrogen and oxygen atoms in total. The minimum Gasteiger partial charge on any atom is -0.396 e. The second-order valence-corrected chi connectivity index (χ2v) is 6.13. The van der Waals surface area contributed by atoms with E-state index < -0.39 is 11.9 Å². The first-order chi connectivity index (χ1) is 10.8. The van der Waals surface area contributed by atoms with Gasteiger partial charge in [-0.05, 0) is 45.3 Å². The number of hydrogen-bond donors (Lipinski definition) is 1. The van der Waals surface area contributed by atoms with Crippen LogP contribution >= 0.6 is 0 Å². The van der Waals surface area contributed by atoms with Crippen molar-refractivity contribution < 1.29 is 18.3 Å². The summed E-state index contributed by atoms with van der Waals surface area (Å²) in [4.78, 5) is 11.7. The van der Waals surface area contributed by atoms with Crippen molar-refractivity contribution in [1.82, 2.24) is 14.9 Å². The molecular formula is C15H23F3N4O. The van der Waals surface area contributed by atoms with Gasteiger partial charge in [0.25, 0.3) is 0 Å². The number of hydrogen-bond acceptors (Lipinski definition) is 5. The third-order valence-corrected chi connectivity index (χ3v) is 4.31. The highest BCUT2D eigenvalue weighted by molar-refractivity contribution is 5.32. The molecule has 0 radical (unpaired) electrons. The maximum Gasteiger partial charge on any atom is 0.433 e. The molecule has 2 atom stereocenters. The molecule has 0 aliphatic carbocycles. The van der Waals surface area contributed by atoms with E-state index in [4.69, 9.17) is 5.11 Å². The van der Waals surface area contributed by atoms with Crippen molar-refractivity contribution in [3.63, 3.8) is 0 Å². The van der Waals surface area contributed by atoms with Crippen LogP contribution in [0.3, 0.4) is 0 Å². The Kier molecular flexibility index (Phi) is 5.80. The molecule has 8 heteroatoms. The van der Waals surface area contributed by atoms with Crippen molar-refractivity contribution in [3.8, 4) is 0 Å². The van der Waals surface area contributed by atoms with Crippen LogP contribution in [-0.2, 0) is 6.18 Å². The lowest BCUT2D eigenvalue weighted by molar-refractivity contribution is -0.141. The molecule has 1 saturated heterocycles. The fourth-order valence-corrected chi connectivity index (χ4v) is 3.18. The van der Waals surface area contributed by atoms with Crippen LogP contribution in [0.2, 0.25) is 0 Å². The quantitative estimate of drug-likeness (QED) is 0.894. The Morgan fingerprint density at radius 3 is 2.74 bits per heavy atom. The standard InChI is InChI=1S/C15H23F3N4O/c1-21(2)12-6-8-22(10-11(12)4-3-9-23)14-19-7-5-13(20-14)15(16,17)18/h5,7,11-12,23H,3-4,6,8-10H2,1-2H3/t11-,12+/m1/s1. The Morgan fingerprint density at radius 2 is 2.13 bits per heavy atom. The van der Waals surface area contributed by atoms with Crippen molar-refractivity contribution >= 4 is 5.95 Å². The molecule has 0 aromatic carbocycles. The van der Waals surface area contributed by atoms with E-state index in [0.29, 0.717) is 25.6 Å². The Morgan fingerprint density at radius 1 is 1.39 bits per heavy atom. The number of piperidine rings is 1. The highest BCUT2D eigenvalue weighted by atomic mass is 19.4. The predicted molar refractivity (Wildman–Crippen MR) is 81.1 cm³/mol. The molecule has 1 aromatic heterocycles. The Bertz CT molecular complexity index is 510. The van der Waals surface area contributed by atoms with Gasteiger partial charge in [-0.2, -0.15) is 13.2 Å². The van der Waals surface area contributed by atoms with E-state index in [0.717, 1.165) is 25.1 Å². The molecule has 2 heterocycles. The summed E-state index contributed by atoms with van der Waals surface area (Å²) in [5.41, 5.74) is -0.913. The number of aliphatic hydroxyl groups excluding tert-OH is 1. The van der Waals surface area contributed by atoms with Gasteiger partial charge in [0.15, 0.2) is 0 Å². The number of aliphatic hydroxyl groups is 1. The lowest BCUT2D eigenvalue weighted by Gasteiger charge is -2.41. The van der Waals surface area contributed by atoms with E-state index in [1.54, 1.807) is 0 Å². The molecule has 1 aliphatic rings. The van der Waals surface area contributed by atoms with Crippen molar-refractivity contribution in [2.75, 3.05) is 38.7 Å². The molecule has 1 fully saturated rings. The topological polar surface area (TPSA) is 52.5 Å². The van der Waals surface area contributed by atoms with Crippen molar-refractivity contribution in [2.24, 2.45) is 5.92 Å². The summed E-state index contributed by atoms with van der Waals surface area (Å²) in [6.45, 7) is 1.35. The monoisotopic (exact) mass is 332 g/mol. The average molecular weight is 332 g/mol. The fraction of sp³-hybridized carbons (Fsp3) is 0.733. The van der Waals surface area contributed by atoms with Gasteiger partial charge in [-0.3, -0.25) is 0 Å². The summed E-state index contributed by atoms with van der Waals surface area (Å²) in [6.07, 6.45) is -0.953. The van der Waals surface area contributed by atoms with Crippen molar-refractivity contribution in [1.29, 1.82) is 0 Å². The zero-order chi connectivity index (χ0) is 17.0. The highest BCUT2D eigenvalue weighted by Gasteiger charge is 2.35. The van der Waals surface area contributed by atoms with E-state index in [-0.39, 0.29) is 18.5 Å². The molecule has 2 rings (SSSR count). The van der Waals surface area contributed by atoms with Gasteiger partial charge in [-0.1, -0.05) is 0 Å². The van der Waals surface area contributed by atoms with E-state index >= 15 is 0 Å². The first-order valence-electron chi connectivity index (χ1n) is 7.75. The SMILES string of the molecule is CN(C)[C@H]1CCN(c2nccc(C(F)(F)F)n2)C[C@H]1CCCO. The number of anilines is 1. The second kappa shape index (κ2) is 7.44. The third-order valence-electron chi connectivity index (χ3n) is 4.31. The highest BCUT2D eigenvalue weighted by Crippen LogP contribution is 2.30. The number of nitrogens with zero attached hydrogens (tertiary/aromatic N) is 4. The van der Waals surface area contributed by atoms with Gasteiger partial charge in [0.05, 0.1) is 0 Å². The van der Waals surface area contributed by atoms with Crippen molar-refractivity contribution in [2.45, 2.75) is 31.5 Å². The van der Waals surface area contributed by atoms with Gasteiger partial charge in [-0.15, -0.1) is 0 Å². The molecule has 1 aromatic rings. The van der Waals surface area contributed by atoms with Crippen LogP contribution < -0.4 is 4.90 Å². The molecule has 1 aliphatic heterocycles. The van der Waals surface area contributed by atoms with E-state index in [9.17, 15) is 13.2 Å². The fourth-order valence-electron chi connectivity index (χ4n) is 3.18. The first kappa shape index (κ1) is 17.9. The number of alkyl halides is 3. The smallest absolute Gasteiger partial charge is 0.396 e. The summed E-state index contributed by atoms with van der Waals surface area (Å²) in [5.74, 6) is 0.398. The average Bonchev–Trinajstić information content (AvgIpc) is 2.51. The Labute approximate surface area is 134 Å². The van der Waals surface area contributed by atoms with Gasteiger partial charge in [0.1, 0.15) is 5.69 Å². The molecular weight excluding hydrogens is 309 g/mol. The summed E-state index contributed by atoms with van der Waals surface area (Å²) in [6, 6.07) is 1.24. The largest absolute Gasteiger partial charge is 0.433 e. The van der Waals surface area contributed by atoms with Gasteiger partial charge in [0.2, 0.25) is 5.95 Å². The summed E-state index contributed by atoms with van der Waals surface area (Å²) >= 11 is 0. The second-order valence-electron chi connectivity index (χ2n) is 6.13. The number of aromatic nitrogens is 2. The molecule has 0 spiro atoms. The molecule has 1 N–H and O–H groups in total. The van der Waals surface area contributed by atoms with Gasteiger partial charge in [-0.25, -0.2) is 9.97 Å². The molecule has 130 valence electrons. The molecule has 23 heavy (non-hydrogen) atoms. The maximum atomic E-state index is 12.8. The summed E-state index contributed by atoms with van der Waals surface area (Å²) in [7, 11) is 4.01. The molecule has 0 bridgehead atoms. The van der Waals surface area contributed by atoms with Gasteiger partial charge < -0.3 is 14.9 Å². The molecule has 0 saturated carbocycles. The van der Waals surface area contributed by atoms with Crippen LogP contribution in [0.5, 0.6) is 0 Å². The lowest BCUT2D eigenvalue weighted by atomic mass is 9.87. The maximum absolute atomic E-state index is 12.8. The van der Waals surface area contributed by atoms with Crippen LogP contribution in [-0.4, -0.2) is 59.8 Å². The predicted octanol–water partition coefficient (Wildman–Crippen LogP) is 2.02. The number of rotatable bonds is 5. The number of halogens is 3. The van der Waals surface area contributed by atoms with Crippen LogP contribution in [0.4, 0.5) is 19.1 Å². The Balaban J connectivity index is 2.15. The minimum atomic E-state index is -4.46. The zero-order valence-corrected chi connectivity index (χ0v) is 13.4. The minimum absolute atomic E-state index is 0.122. The third kappa shape index (κ3) is 4.54. The van der Waals surface area contributed by atoms with Crippen LogP contribution in [0, 0.1) is 5.92 Å². The normalized spacial score (nSPS) is 22.7. The molecule has 0 unspecified atom stereocenters. The van der Waals surface area contributed by atoms with Crippen LogP contribution in [0.25, 0.3) is 0 Å². The zero-order valence-electron chi connectivity index (χ0n) is 13.4. The molecule has 0 amide bonds. The Hall–Kier alpha value is -1.41. The van der Waals surface area contributed by atoms with E-state index in [1.807, 2.05) is 19.0 Å². The first-order valence-corrected chi connectivity index (χ1v) is 7.75. The van der Waals surface area contributed by atoms with E-state index in [2.05, 4.69) is 14.9 Å². The van der Waals surface area contributed by atoms with E-state index in [1.165, 1.54) is 0 Å². The van der Waals surface area contributed by atoms with Crippen LogP contribution in [0.15, 0.2) is 12.3 Å². The van der Waals surface area contributed by atoms with Crippen molar-refractivity contribution in [3.05, 3.63) is 18.0 Å². The lowest BCUT2D eigenvalue weighted by Crippen LogP contribution is -2.49. The van der Waals surface area contributed by atoms with Gasteiger partial charge in [0, 0.05) is 31.9 Å². The summed E-state index contributed by atoms with van der Waals surface area (Å²) in [5, 5.41) is 9.05. The van der Waals surface area contributed by atoms with Crippen LogP contribution in [0.1, 0.15) is 25.0 Å².